The van der Waals surface area contributed by atoms with E-state index >= 15 is 0 Å². The van der Waals surface area contributed by atoms with Crippen LogP contribution in [0.1, 0.15) is 29.8 Å². The van der Waals surface area contributed by atoms with Crippen LogP contribution in [0.25, 0.3) is 10.9 Å². The predicted octanol–water partition coefficient (Wildman–Crippen LogP) is 5.00. The van der Waals surface area contributed by atoms with Gasteiger partial charge in [-0.05, 0) is 57.2 Å². The number of aromatic hydroxyl groups is 1. The number of aryl methyl sites for hydroxylation is 2. The highest BCUT2D eigenvalue weighted by molar-refractivity contribution is 5.97. The number of benzene rings is 2. The van der Waals surface area contributed by atoms with Crippen LogP contribution in [0.3, 0.4) is 0 Å². The van der Waals surface area contributed by atoms with Gasteiger partial charge in [-0.2, -0.15) is 0 Å². The Hall–Kier alpha value is -3.15. The van der Waals surface area contributed by atoms with Gasteiger partial charge in [0.1, 0.15) is 5.75 Å². The highest BCUT2D eigenvalue weighted by Crippen LogP contribution is 2.39. The molecule has 0 fully saturated rings. The van der Waals surface area contributed by atoms with Gasteiger partial charge in [0, 0.05) is 17.5 Å². The lowest BCUT2D eigenvalue weighted by Crippen LogP contribution is -1.95. The SMILES string of the molecule is CCOc1ccc(C(=O)N=Nc2c(O)n(CC)c3ccc(C)cc23)cc1. The molecule has 0 spiro atoms. The molecule has 6 nitrogen and oxygen atoms in total. The van der Waals surface area contributed by atoms with Crippen molar-refractivity contribution in [2.24, 2.45) is 10.2 Å². The summed E-state index contributed by atoms with van der Waals surface area (Å²) in [6, 6.07) is 12.6. The second kappa shape index (κ2) is 7.39. The zero-order chi connectivity index (χ0) is 18.7. The molecule has 0 unspecified atom stereocenters. The van der Waals surface area contributed by atoms with Crippen molar-refractivity contribution in [3.05, 3.63) is 53.6 Å². The average Bonchev–Trinajstić information content (AvgIpc) is 2.90. The first kappa shape index (κ1) is 17.7. The minimum atomic E-state index is -0.475. The van der Waals surface area contributed by atoms with Crippen LogP contribution in [0, 0.1) is 6.92 Å². The summed E-state index contributed by atoms with van der Waals surface area (Å²) < 4.78 is 7.10. The molecule has 26 heavy (non-hydrogen) atoms. The number of fused-ring (bicyclic) bond motifs is 1. The summed E-state index contributed by atoms with van der Waals surface area (Å²) in [5, 5.41) is 19.1. The van der Waals surface area contributed by atoms with Crippen molar-refractivity contribution in [3.63, 3.8) is 0 Å². The smallest absolute Gasteiger partial charge is 0.295 e. The molecule has 0 aliphatic rings. The predicted molar refractivity (Wildman–Crippen MR) is 100 cm³/mol. The maximum absolute atomic E-state index is 12.3. The molecule has 3 aromatic rings. The minimum Gasteiger partial charge on any atom is -0.494 e. The van der Waals surface area contributed by atoms with Crippen molar-refractivity contribution >= 4 is 22.5 Å². The standard InChI is InChI=1S/C20H21N3O3/c1-4-23-17-11-6-13(3)12-16(17)18(20(23)25)21-22-19(24)14-7-9-15(10-8-14)26-5-2/h6-12,25H,4-5H2,1-3H3. The fraction of sp³-hybridized carbons (Fsp3) is 0.250. The molecule has 0 aliphatic carbocycles. The summed E-state index contributed by atoms with van der Waals surface area (Å²) in [5.74, 6) is 0.231. The number of amides is 1. The maximum Gasteiger partial charge on any atom is 0.295 e. The van der Waals surface area contributed by atoms with Crippen molar-refractivity contribution < 1.29 is 14.6 Å². The molecule has 2 aromatic carbocycles. The lowest BCUT2D eigenvalue weighted by atomic mass is 10.1. The Morgan fingerprint density at radius 2 is 1.88 bits per heavy atom. The molecular formula is C20H21N3O3. The van der Waals surface area contributed by atoms with Crippen LogP contribution in [0.2, 0.25) is 0 Å². The molecular weight excluding hydrogens is 330 g/mol. The van der Waals surface area contributed by atoms with Crippen LogP contribution < -0.4 is 4.74 Å². The monoisotopic (exact) mass is 351 g/mol. The Kier molecular flexibility index (Phi) is 5.02. The third-order valence-corrected chi connectivity index (χ3v) is 4.13. The van der Waals surface area contributed by atoms with Crippen molar-refractivity contribution in [2.75, 3.05) is 6.61 Å². The Bertz CT molecular complexity index is 972. The van der Waals surface area contributed by atoms with Gasteiger partial charge in [0.05, 0.1) is 12.1 Å². The molecule has 0 aliphatic heterocycles. The van der Waals surface area contributed by atoms with E-state index in [2.05, 4.69) is 10.2 Å². The highest BCUT2D eigenvalue weighted by Gasteiger charge is 2.16. The number of hydrogen-bond acceptors (Lipinski definition) is 4. The molecule has 134 valence electrons. The van der Waals surface area contributed by atoms with Gasteiger partial charge in [0.2, 0.25) is 5.88 Å². The van der Waals surface area contributed by atoms with E-state index in [0.717, 1.165) is 16.5 Å². The Morgan fingerprint density at radius 1 is 1.15 bits per heavy atom. The first-order valence-electron chi connectivity index (χ1n) is 8.55. The van der Waals surface area contributed by atoms with E-state index in [-0.39, 0.29) is 5.88 Å². The summed E-state index contributed by atoms with van der Waals surface area (Å²) in [6.07, 6.45) is 0. The third kappa shape index (κ3) is 3.31. The Balaban J connectivity index is 1.93. The fourth-order valence-electron chi connectivity index (χ4n) is 2.87. The maximum atomic E-state index is 12.3. The van der Waals surface area contributed by atoms with Crippen molar-refractivity contribution in [1.29, 1.82) is 0 Å². The van der Waals surface area contributed by atoms with Gasteiger partial charge in [-0.25, -0.2) is 0 Å². The molecule has 3 rings (SSSR count). The number of aromatic nitrogens is 1. The summed E-state index contributed by atoms with van der Waals surface area (Å²) >= 11 is 0. The number of rotatable bonds is 5. The lowest BCUT2D eigenvalue weighted by molar-refractivity contribution is 0.0995. The quantitative estimate of drug-likeness (QED) is 0.657. The van der Waals surface area contributed by atoms with E-state index in [9.17, 15) is 9.90 Å². The molecule has 0 bridgehead atoms. The van der Waals surface area contributed by atoms with Crippen LogP contribution in [0.4, 0.5) is 5.69 Å². The van der Waals surface area contributed by atoms with Gasteiger partial charge >= 0.3 is 0 Å². The van der Waals surface area contributed by atoms with Crippen LogP contribution in [-0.4, -0.2) is 22.2 Å². The van der Waals surface area contributed by atoms with Crippen molar-refractivity contribution in [1.82, 2.24) is 4.57 Å². The van der Waals surface area contributed by atoms with Crippen molar-refractivity contribution in [2.45, 2.75) is 27.3 Å². The molecule has 0 atom stereocenters. The summed E-state index contributed by atoms with van der Waals surface area (Å²) in [7, 11) is 0. The summed E-state index contributed by atoms with van der Waals surface area (Å²) in [5.41, 5.74) is 2.62. The number of ether oxygens (including phenoxy) is 1. The van der Waals surface area contributed by atoms with E-state index < -0.39 is 5.91 Å². The fourth-order valence-corrected chi connectivity index (χ4v) is 2.87. The second-order valence-electron chi connectivity index (χ2n) is 5.90. The second-order valence-corrected chi connectivity index (χ2v) is 5.90. The Morgan fingerprint density at radius 3 is 2.54 bits per heavy atom. The molecule has 0 saturated heterocycles. The van der Waals surface area contributed by atoms with E-state index in [4.69, 9.17) is 4.74 Å². The number of carbonyl (C=O) groups is 1. The van der Waals surface area contributed by atoms with Gasteiger partial charge in [-0.3, -0.25) is 4.79 Å². The molecule has 6 heteroatoms. The summed E-state index contributed by atoms with van der Waals surface area (Å²) in [4.78, 5) is 12.3. The van der Waals surface area contributed by atoms with E-state index in [1.807, 2.05) is 39.0 Å². The molecule has 1 aromatic heterocycles. The first-order valence-corrected chi connectivity index (χ1v) is 8.55. The number of azo groups is 1. The van der Waals surface area contributed by atoms with Gasteiger partial charge in [0.15, 0.2) is 5.69 Å². The Labute approximate surface area is 151 Å². The number of nitrogens with zero attached hydrogens (tertiary/aromatic N) is 3. The van der Waals surface area contributed by atoms with Gasteiger partial charge in [0.25, 0.3) is 5.91 Å². The third-order valence-electron chi connectivity index (χ3n) is 4.13. The number of carbonyl (C=O) groups excluding carboxylic acids is 1. The first-order chi connectivity index (χ1) is 12.5. The van der Waals surface area contributed by atoms with Gasteiger partial charge in [-0.15, -0.1) is 10.2 Å². The molecule has 1 amide bonds. The topological polar surface area (TPSA) is 76.2 Å². The van der Waals surface area contributed by atoms with Crippen LogP contribution in [0.15, 0.2) is 52.7 Å². The van der Waals surface area contributed by atoms with Crippen LogP contribution >= 0.6 is 0 Å². The van der Waals surface area contributed by atoms with Crippen molar-refractivity contribution in [3.8, 4) is 11.6 Å². The van der Waals surface area contributed by atoms with E-state index in [0.29, 0.717) is 30.2 Å². The lowest BCUT2D eigenvalue weighted by Gasteiger charge is -2.02. The van der Waals surface area contributed by atoms with E-state index in [1.54, 1.807) is 28.8 Å². The molecule has 0 radical (unpaired) electrons. The van der Waals surface area contributed by atoms with Crippen LogP contribution in [0.5, 0.6) is 11.6 Å². The largest absolute Gasteiger partial charge is 0.494 e. The number of hydrogen-bond donors (Lipinski definition) is 1. The van der Waals surface area contributed by atoms with E-state index in [1.165, 1.54) is 0 Å². The van der Waals surface area contributed by atoms with Gasteiger partial charge in [-0.1, -0.05) is 11.6 Å². The summed E-state index contributed by atoms with van der Waals surface area (Å²) in [6.45, 7) is 6.95. The normalized spacial score (nSPS) is 11.3. The minimum absolute atomic E-state index is 0.0105. The highest BCUT2D eigenvalue weighted by atomic mass is 16.5. The van der Waals surface area contributed by atoms with Gasteiger partial charge < -0.3 is 14.4 Å². The average molecular weight is 351 g/mol. The van der Waals surface area contributed by atoms with Crippen LogP contribution in [-0.2, 0) is 6.54 Å². The molecule has 0 saturated carbocycles. The molecule has 1 N–H and O–H groups in total. The zero-order valence-electron chi connectivity index (χ0n) is 15.1. The molecule has 1 heterocycles. The zero-order valence-corrected chi connectivity index (χ0v) is 15.1.